The predicted octanol–water partition coefficient (Wildman–Crippen LogP) is 4.81. The quantitative estimate of drug-likeness (QED) is 0.579. The summed E-state index contributed by atoms with van der Waals surface area (Å²) in [6.07, 6.45) is 0. The maximum absolute atomic E-state index is 12.8. The Balaban J connectivity index is 2.14. The number of nitrogens with one attached hydrogen (secondary N) is 1. The van der Waals surface area contributed by atoms with E-state index in [2.05, 4.69) is 41.7 Å². The number of benzene rings is 2. The van der Waals surface area contributed by atoms with Crippen molar-refractivity contribution in [2.45, 2.75) is 26.2 Å². The minimum absolute atomic E-state index is 0.00933. The number of H-pyrrole nitrogens is 1. The maximum atomic E-state index is 12.8. The second-order valence-corrected chi connectivity index (χ2v) is 8.20. The van der Waals surface area contributed by atoms with Crippen molar-refractivity contribution in [3.63, 3.8) is 0 Å². The van der Waals surface area contributed by atoms with E-state index in [4.69, 9.17) is 12.2 Å². The van der Waals surface area contributed by atoms with Gasteiger partial charge in [-0.1, -0.05) is 48.8 Å². The molecule has 1 heterocycles. The van der Waals surface area contributed by atoms with E-state index in [0.29, 0.717) is 16.5 Å². The van der Waals surface area contributed by atoms with Gasteiger partial charge in [-0.3, -0.25) is 9.59 Å². The van der Waals surface area contributed by atoms with E-state index in [0.717, 1.165) is 14.6 Å². The minimum Gasteiger partial charge on any atom is -0.331 e. The van der Waals surface area contributed by atoms with E-state index >= 15 is 0 Å². The van der Waals surface area contributed by atoms with Gasteiger partial charge in [-0.05, 0) is 53.5 Å². The van der Waals surface area contributed by atoms with Gasteiger partial charge < -0.3 is 4.98 Å². The smallest absolute Gasteiger partial charge is 0.269 e. The zero-order valence-electron chi connectivity index (χ0n) is 14.1. The third-order valence-corrected chi connectivity index (χ3v) is 4.84. The summed E-state index contributed by atoms with van der Waals surface area (Å²) in [5, 5.41) is 0.405. The fourth-order valence-electron chi connectivity index (χ4n) is 2.61. The van der Waals surface area contributed by atoms with Gasteiger partial charge in [-0.15, -0.1) is 0 Å². The molecular weight excluding hydrogens is 400 g/mol. The van der Waals surface area contributed by atoms with Crippen LogP contribution >= 0.6 is 28.1 Å². The Labute approximate surface area is 158 Å². The fraction of sp³-hybridized carbons (Fsp3) is 0.211. The third kappa shape index (κ3) is 3.37. The summed E-state index contributed by atoms with van der Waals surface area (Å²) in [7, 11) is 0. The first-order chi connectivity index (χ1) is 11.7. The number of carbonyl (C=O) groups is 1. The molecule has 6 heteroatoms. The fourth-order valence-corrected chi connectivity index (χ4v) is 3.25. The highest BCUT2D eigenvalue weighted by Crippen LogP contribution is 2.22. The summed E-state index contributed by atoms with van der Waals surface area (Å²) in [4.78, 5) is 28.6. The van der Waals surface area contributed by atoms with Gasteiger partial charge in [0.05, 0.1) is 10.9 Å². The minimum atomic E-state index is -0.436. The monoisotopic (exact) mass is 416 g/mol. The second-order valence-electron chi connectivity index (χ2n) is 6.89. The first-order valence-electron chi connectivity index (χ1n) is 7.78. The van der Waals surface area contributed by atoms with Crippen molar-refractivity contribution < 1.29 is 4.79 Å². The zero-order valence-corrected chi connectivity index (χ0v) is 16.5. The van der Waals surface area contributed by atoms with Crippen LogP contribution in [0.3, 0.4) is 0 Å². The van der Waals surface area contributed by atoms with E-state index in [1.807, 2.05) is 18.2 Å². The lowest BCUT2D eigenvalue weighted by atomic mass is 9.87. The van der Waals surface area contributed by atoms with Crippen molar-refractivity contribution in [3.05, 3.63) is 73.2 Å². The molecule has 0 bridgehead atoms. The lowest BCUT2D eigenvalue weighted by Crippen LogP contribution is -2.29. The molecule has 0 spiro atoms. The Hall–Kier alpha value is -2.05. The Bertz CT molecular complexity index is 1090. The number of nitrogens with zero attached hydrogens (tertiary/aromatic N) is 1. The van der Waals surface area contributed by atoms with Crippen molar-refractivity contribution in [2.24, 2.45) is 0 Å². The van der Waals surface area contributed by atoms with Gasteiger partial charge in [0.25, 0.3) is 11.5 Å². The summed E-state index contributed by atoms with van der Waals surface area (Å²) in [6, 6.07) is 12.5. The van der Waals surface area contributed by atoms with Crippen molar-refractivity contribution in [1.29, 1.82) is 0 Å². The second kappa shape index (κ2) is 6.35. The lowest BCUT2D eigenvalue weighted by molar-refractivity contribution is 0.0953. The molecule has 4 nitrogen and oxygen atoms in total. The first kappa shape index (κ1) is 17.8. The SMILES string of the molecule is CC(C)(C)c1ccc(C(=O)n2c(=S)[nH]c3ccc(Br)cc3c2=O)cc1. The molecule has 0 amide bonds. The van der Waals surface area contributed by atoms with Crippen LogP contribution in [0.5, 0.6) is 0 Å². The summed E-state index contributed by atoms with van der Waals surface area (Å²) in [6.45, 7) is 6.31. The lowest BCUT2D eigenvalue weighted by Gasteiger charge is -2.19. The highest BCUT2D eigenvalue weighted by molar-refractivity contribution is 9.10. The molecule has 3 rings (SSSR count). The Kier molecular flexibility index (Phi) is 4.51. The Morgan fingerprint density at radius 3 is 2.36 bits per heavy atom. The van der Waals surface area contributed by atoms with Gasteiger partial charge in [-0.2, -0.15) is 0 Å². The normalized spacial score (nSPS) is 11.7. The van der Waals surface area contributed by atoms with E-state index in [1.54, 1.807) is 24.3 Å². The van der Waals surface area contributed by atoms with Gasteiger partial charge in [0.2, 0.25) is 0 Å². The zero-order chi connectivity index (χ0) is 18.4. The molecule has 0 fully saturated rings. The molecule has 0 saturated heterocycles. The van der Waals surface area contributed by atoms with Crippen molar-refractivity contribution in [1.82, 2.24) is 9.55 Å². The van der Waals surface area contributed by atoms with Gasteiger partial charge in [-0.25, -0.2) is 4.57 Å². The molecule has 0 saturated carbocycles. The van der Waals surface area contributed by atoms with Crippen LogP contribution in [0.2, 0.25) is 0 Å². The number of rotatable bonds is 1. The van der Waals surface area contributed by atoms with Crippen LogP contribution in [0, 0.1) is 4.77 Å². The Morgan fingerprint density at radius 1 is 1.12 bits per heavy atom. The van der Waals surface area contributed by atoms with Gasteiger partial charge in [0.1, 0.15) is 0 Å². The van der Waals surface area contributed by atoms with Crippen LogP contribution in [0.25, 0.3) is 10.9 Å². The van der Waals surface area contributed by atoms with Crippen LogP contribution in [0.15, 0.2) is 51.7 Å². The molecule has 0 unspecified atom stereocenters. The standard InChI is InChI=1S/C19H17BrN2O2S/c1-19(2,3)12-6-4-11(5-7-12)16(23)22-17(24)14-10-13(20)8-9-15(14)21-18(22)25/h4-10H,1-3H3,(H,21,25). The molecule has 0 aliphatic carbocycles. The first-order valence-corrected chi connectivity index (χ1v) is 8.98. The molecule has 128 valence electrons. The summed E-state index contributed by atoms with van der Waals surface area (Å²) in [5.74, 6) is -0.436. The molecule has 1 aromatic heterocycles. The number of aromatic nitrogens is 2. The van der Waals surface area contributed by atoms with Crippen molar-refractivity contribution >= 4 is 45.0 Å². The highest BCUT2D eigenvalue weighted by atomic mass is 79.9. The molecular formula is C19H17BrN2O2S. The maximum Gasteiger partial charge on any atom is 0.269 e. The summed E-state index contributed by atoms with van der Waals surface area (Å²) >= 11 is 8.58. The third-order valence-electron chi connectivity index (χ3n) is 4.06. The number of hydrogen-bond donors (Lipinski definition) is 1. The topological polar surface area (TPSA) is 54.9 Å². The molecule has 0 atom stereocenters. The molecule has 25 heavy (non-hydrogen) atoms. The van der Waals surface area contributed by atoms with E-state index < -0.39 is 11.5 Å². The summed E-state index contributed by atoms with van der Waals surface area (Å²) < 4.78 is 1.86. The van der Waals surface area contributed by atoms with E-state index in [-0.39, 0.29) is 10.2 Å². The molecule has 1 N–H and O–H groups in total. The van der Waals surface area contributed by atoms with Crippen molar-refractivity contribution in [3.8, 4) is 0 Å². The largest absolute Gasteiger partial charge is 0.331 e. The number of halogens is 1. The highest BCUT2D eigenvalue weighted by Gasteiger charge is 2.17. The molecule has 3 aromatic rings. The van der Waals surface area contributed by atoms with Gasteiger partial charge in [0.15, 0.2) is 4.77 Å². The van der Waals surface area contributed by atoms with E-state index in [1.165, 1.54) is 0 Å². The van der Waals surface area contributed by atoms with Crippen molar-refractivity contribution in [2.75, 3.05) is 0 Å². The van der Waals surface area contributed by atoms with Gasteiger partial charge in [0, 0.05) is 10.0 Å². The van der Waals surface area contributed by atoms with Crippen LogP contribution < -0.4 is 5.56 Å². The van der Waals surface area contributed by atoms with Crippen LogP contribution in [-0.2, 0) is 5.41 Å². The van der Waals surface area contributed by atoms with Gasteiger partial charge >= 0.3 is 0 Å². The molecule has 0 radical (unpaired) electrons. The number of fused-ring (bicyclic) bond motifs is 1. The van der Waals surface area contributed by atoms with Crippen LogP contribution in [0.4, 0.5) is 0 Å². The number of carbonyl (C=O) groups excluding carboxylic acids is 1. The Morgan fingerprint density at radius 2 is 1.76 bits per heavy atom. The van der Waals surface area contributed by atoms with E-state index in [9.17, 15) is 9.59 Å². The number of aromatic amines is 1. The molecule has 2 aromatic carbocycles. The molecule has 0 aliphatic rings. The average molecular weight is 417 g/mol. The summed E-state index contributed by atoms with van der Waals surface area (Å²) in [5.41, 5.74) is 1.70. The van der Waals surface area contributed by atoms with Crippen LogP contribution in [0.1, 0.15) is 36.7 Å². The average Bonchev–Trinajstić information content (AvgIpc) is 2.55. The predicted molar refractivity (Wildman–Crippen MR) is 106 cm³/mol. The molecule has 0 aliphatic heterocycles. The number of hydrogen-bond acceptors (Lipinski definition) is 3. The van der Waals surface area contributed by atoms with Crippen LogP contribution in [-0.4, -0.2) is 15.5 Å².